The number of furan rings is 1. The van der Waals surface area contributed by atoms with Crippen LogP contribution in [-0.2, 0) is 16.1 Å². The summed E-state index contributed by atoms with van der Waals surface area (Å²) in [5, 5.41) is 5.47. The van der Waals surface area contributed by atoms with Gasteiger partial charge >= 0.3 is 6.03 Å². The van der Waals surface area contributed by atoms with Crippen molar-refractivity contribution in [2.75, 3.05) is 0 Å². The van der Waals surface area contributed by atoms with E-state index in [-0.39, 0.29) is 24.8 Å². The minimum Gasteiger partial charge on any atom is -0.467 e. The van der Waals surface area contributed by atoms with Gasteiger partial charge in [0.15, 0.2) is 0 Å². The average Bonchev–Trinajstić information content (AvgIpc) is 3.03. The fraction of sp³-hybridized carbons (Fsp3) is 0.500. The zero-order chi connectivity index (χ0) is 14.8. The average molecular weight is 291 g/mol. The van der Waals surface area contributed by atoms with Gasteiger partial charge in [0.2, 0.25) is 5.91 Å². The first-order valence-corrected chi connectivity index (χ1v) is 7.07. The molecule has 0 spiro atoms. The van der Waals surface area contributed by atoms with Crippen LogP contribution >= 0.6 is 0 Å². The molecule has 1 atom stereocenters. The number of amides is 4. The maximum Gasteiger partial charge on any atom is 0.325 e. The Morgan fingerprint density at radius 2 is 2.24 bits per heavy atom. The molecule has 2 aliphatic rings. The zero-order valence-electron chi connectivity index (χ0n) is 11.5. The van der Waals surface area contributed by atoms with Crippen LogP contribution in [0.5, 0.6) is 0 Å². The van der Waals surface area contributed by atoms with Gasteiger partial charge in [0.25, 0.3) is 5.91 Å². The first-order chi connectivity index (χ1) is 10.1. The summed E-state index contributed by atoms with van der Waals surface area (Å²) in [4.78, 5) is 36.7. The van der Waals surface area contributed by atoms with Crippen molar-refractivity contribution < 1.29 is 18.8 Å². The molecule has 3 rings (SSSR count). The first-order valence-electron chi connectivity index (χ1n) is 7.07. The van der Waals surface area contributed by atoms with E-state index in [0.717, 1.165) is 17.7 Å². The summed E-state index contributed by atoms with van der Waals surface area (Å²) >= 11 is 0. The molecule has 2 heterocycles. The largest absolute Gasteiger partial charge is 0.467 e. The van der Waals surface area contributed by atoms with Crippen molar-refractivity contribution in [2.45, 2.75) is 44.3 Å². The van der Waals surface area contributed by atoms with E-state index in [1.807, 2.05) is 0 Å². The second-order valence-corrected chi connectivity index (χ2v) is 5.39. The normalized spacial score (nSPS) is 21.5. The lowest BCUT2D eigenvalue weighted by Gasteiger charge is -2.11. The molecule has 1 aliphatic carbocycles. The summed E-state index contributed by atoms with van der Waals surface area (Å²) in [6, 6.07) is 2.65. The SMILES string of the molecule is O=C(CC[C@H]1NC(=O)N(Cc2ccco2)C1=O)NC1CC1. The van der Waals surface area contributed by atoms with E-state index in [4.69, 9.17) is 4.42 Å². The molecule has 4 amide bonds. The number of hydrogen-bond acceptors (Lipinski definition) is 4. The molecule has 7 nitrogen and oxygen atoms in total. The Balaban J connectivity index is 1.51. The van der Waals surface area contributed by atoms with Crippen molar-refractivity contribution in [3.05, 3.63) is 24.2 Å². The van der Waals surface area contributed by atoms with Crippen LogP contribution in [0.1, 0.15) is 31.4 Å². The fourth-order valence-electron chi connectivity index (χ4n) is 2.28. The number of carbonyl (C=O) groups is 3. The van der Waals surface area contributed by atoms with Gasteiger partial charge in [-0.2, -0.15) is 0 Å². The molecule has 112 valence electrons. The van der Waals surface area contributed by atoms with E-state index < -0.39 is 12.1 Å². The third kappa shape index (κ3) is 3.24. The highest BCUT2D eigenvalue weighted by Crippen LogP contribution is 2.19. The van der Waals surface area contributed by atoms with Gasteiger partial charge in [0.1, 0.15) is 11.8 Å². The lowest BCUT2D eigenvalue weighted by atomic mass is 10.1. The first kappa shape index (κ1) is 13.7. The van der Waals surface area contributed by atoms with Crippen molar-refractivity contribution >= 4 is 17.8 Å². The highest BCUT2D eigenvalue weighted by Gasteiger charge is 2.38. The maximum atomic E-state index is 12.2. The summed E-state index contributed by atoms with van der Waals surface area (Å²) < 4.78 is 5.14. The third-order valence-electron chi connectivity index (χ3n) is 3.60. The van der Waals surface area contributed by atoms with Crippen molar-refractivity contribution in [3.63, 3.8) is 0 Å². The highest BCUT2D eigenvalue weighted by molar-refractivity contribution is 6.04. The summed E-state index contributed by atoms with van der Waals surface area (Å²) in [6.45, 7) is 0.114. The zero-order valence-corrected chi connectivity index (χ0v) is 11.5. The van der Waals surface area contributed by atoms with Crippen molar-refractivity contribution in [2.24, 2.45) is 0 Å². The van der Waals surface area contributed by atoms with Crippen molar-refractivity contribution in [1.82, 2.24) is 15.5 Å². The Bertz CT molecular complexity index is 551. The van der Waals surface area contributed by atoms with Gasteiger partial charge in [0, 0.05) is 12.5 Å². The summed E-state index contributed by atoms with van der Waals surface area (Å²) in [5.74, 6) is 0.172. The summed E-state index contributed by atoms with van der Waals surface area (Å²) in [5.41, 5.74) is 0. The molecule has 1 aliphatic heterocycles. The monoisotopic (exact) mass is 291 g/mol. The second-order valence-electron chi connectivity index (χ2n) is 5.39. The molecule has 0 radical (unpaired) electrons. The van der Waals surface area contributed by atoms with E-state index >= 15 is 0 Å². The number of carbonyl (C=O) groups excluding carboxylic acids is 3. The van der Waals surface area contributed by atoms with Gasteiger partial charge in [-0.05, 0) is 31.4 Å². The topological polar surface area (TPSA) is 91.7 Å². The van der Waals surface area contributed by atoms with Gasteiger partial charge in [-0.25, -0.2) is 4.79 Å². The Morgan fingerprint density at radius 3 is 2.90 bits per heavy atom. The molecule has 1 saturated heterocycles. The molecule has 1 aromatic heterocycles. The second kappa shape index (κ2) is 5.59. The lowest BCUT2D eigenvalue weighted by molar-refractivity contribution is -0.128. The number of imide groups is 1. The third-order valence-corrected chi connectivity index (χ3v) is 3.60. The van der Waals surface area contributed by atoms with Crippen molar-refractivity contribution in [1.29, 1.82) is 0 Å². The highest BCUT2D eigenvalue weighted by atomic mass is 16.3. The molecule has 2 N–H and O–H groups in total. The minimum atomic E-state index is -0.627. The predicted molar refractivity (Wildman–Crippen MR) is 72.0 cm³/mol. The number of rotatable bonds is 6. The van der Waals surface area contributed by atoms with Gasteiger partial charge in [-0.1, -0.05) is 0 Å². The van der Waals surface area contributed by atoms with E-state index in [9.17, 15) is 14.4 Å². The van der Waals surface area contributed by atoms with Crippen LogP contribution in [0.25, 0.3) is 0 Å². The van der Waals surface area contributed by atoms with E-state index in [2.05, 4.69) is 10.6 Å². The molecule has 7 heteroatoms. The molecule has 0 aromatic carbocycles. The quantitative estimate of drug-likeness (QED) is 0.757. The number of nitrogens with one attached hydrogen (secondary N) is 2. The summed E-state index contributed by atoms with van der Waals surface area (Å²) in [7, 11) is 0. The standard InChI is InChI=1S/C14H17N3O4/c18-12(15-9-3-4-9)6-5-11-13(19)17(14(20)16-11)8-10-2-1-7-21-10/h1-2,7,9,11H,3-6,8H2,(H,15,18)(H,16,20)/t11-/m1/s1. The number of urea groups is 1. The molecule has 1 saturated carbocycles. The molecule has 1 aromatic rings. The molecular weight excluding hydrogens is 274 g/mol. The van der Waals surface area contributed by atoms with Crippen LogP contribution < -0.4 is 10.6 Å². The lowest BCUT2D eigenvalue weighted by Crippen LogP contribution is -2.33. The van der Waals surface area contributed by atoms with Gasteiger partial charge in [-0.3, -0.25) is 14.5 Å². The van der Waals surface area contributed by atoms with E-state index in [1.54, 1.807) is 12.1 Å². The van der Waals surface area contributed by atoms with E-state index in [1.165, 1.54) is 6.26 Å². The predicted octanol–water partition coefficient (Wildman–Crippen LogP) is 0.759. The van der Waals surface area contributed by atoms with Gasteiger partial charge in [-0.15, -0.1) is 0 Å². The molecule has 0 bridgehead atoms. The Hall–Kier alpha value is -2.31. The summed E-state index contributed by atoms with van der Waals surface area (Å²) in [6.07, 6.45) is 4.11. The van der Waals surface area contributed by atoms with E-state index in [0.29, 0.717) is 18.2 Å². The van der Waals surface area contributed by atoms with Crippen molar-refractivity contribution in [3.8, 4) is 0 Å². The number of hydrogen-bond donors (Lipinski definition) is 2. The molecule has 21 heavy (non-hydrogen) atoms. The van der Waals surface area contributed by atoms with Gasteiger partial charge in [0.05, 0.1) is 12.8 Å². The minimum absolute atomic E-state index is 0.0657. The Morgan fingerprint density at radius 1 is 1.43 bits per heavy atom. The van der Waals surface area contributed by atoms with Crippen LogP contribution in [-0.4, -0.2) is 34.8 Å². The Labute approximate surface area is 121 Å². The van der Waals surface area contributed by atoms with Crippen LogP contribution in [0.15, 0.2) is 22.8 Å². The van der Waals surface area contributed by atoms with Crippen LogP contribution in [0.2, 0.25) is 0 Å². The molecule has 0 unspecified atom stereocenters. The molecular formula is C14H17N3O4. The van der Waals surface area contributed by atoms with Crippen LogP contribution in [0, 0.1) is 0 Å². The van der Waals surface area contributed by atoms with Crippen LogP contribution in [0.4, 0.5) is 4.79 Å². The Kier molecular flexibility index (Phi) is 3.64. The maximum absolute atomic E-state index is 12.2. The molecule has 2 fully saturated rings. The number of nitrogens with zero attached hydrogens (tertiary/aromatic N) is 1. The smallest absolute Gasteiger partial charge is 0.325 e. The van der Waals surface area contributed by atoms with Crippen LogP contribution in [0.3, 0.4) is 0 Å². The fourth-order valence-corrected chi connectivity index (χ4v) is 2.28. The van der Waals surface area contributed by atoms with Gasteiger partial charge < -0.3 is 15.1 Å².